The van der Waals surface area contributed by atoms with Crippen LogP contribution in [0.4, 0.5) is 0 Å². The van der Waals surface area contributed by atoms with Crippen LogP contribution < -0.4 is 9.47 Å². The molecule has 0 aromatic heterocycles. The third-order valence-electron chi connectivity index (χ3n) is 27.5. The van der Waals surface area contributed by atoms with E-state index < -0.39 is 17.3 Å². The van der Waals surface area contributed by atoms with Crippen molar-refractivity contribution in [1.29, 1.82) is 0 Å². The number of methoxy groups -OCH3 is 2. The number of ether oxygens (including phenoxy) is 5. The van der Waals surface area contributed by atoms with E-state index in [1.165, 1.54) is 186 Å². The maximum Gasteiger partial charge on any atom is 0.187 e. The molecule has 3 aliphatic rings. The minimum atomic E-state index is -1.03. The number of allylic oxidation sites excluding steroid dienone is 25. The number of aromatic hydroxyl groups is 1. The summed E-state index contributed by atoms with van der Waals surface area (Å²) in [5.74, 6) is 2.96. The standard InChI is InChI=1S/C112H180O8/c1-26-27-28-44-48-63-101(118-104-82-110(20,21)100(96(17)107(104)113)72-66-88(9)60-53-58-86(7)56-51-50-55-85(6)57-52-59-87(8)65-71-99-95(16)61-54-77-109(99,18)19)102(64-49-46-43-41-39-37-35-33-31-29-30-32-34-36-38-40-42-45-47-62-97-80-98(116-24)81-103(117-25)108(97)114)120-112(23,79-76-94(15)92(13)70-68-90(11)84(4)5)106-74-73-105(119-106)111(22,115)78-75-93(14)91(12)69-67-89(10)83(2)3/h50-53,55-60,65-66,71-72,80-81,89-90,93-94,101-102,104-106,114-115H,2,4,12-13,26-49,54,61-64,67-70,73-79,82H2,1,3,5-11,14-25H3. The van der Waals surface area contributed by atoms with E-state index in [1.54, 1.807) is 20.3 Å². The van der Waals surface area contributed by atoms with E-state index in [0.29, 0.717) is 30.4 Å². The molecule has 11 unspecified atom stereocenters. The molecule has 1 saturated heterocycles. The highest BCUT2D eigenvalue weighted by Gasteiger charge is 2.49. The van der Waals surface area contributed by atoms with Crippen molar-refractivity contribution in [3.8, 4) is 17.2 Å². The van der Waals surface area contributed by atoms with Crippen LogP contribution in [0.2, 0.25) is 0 Å². The molecule has 676 valence electrons. The molecule has 0 bridgehead atoms. The number of ketones is 1. The summed E-state index contributed by atoms with van der Waals surface area (Å²) in [6.45, 7) is 60.0. The minimum absolute atomic E-state index is 0.0828. The number of hydrogen-bond acceptors (Lipinski definition) is 8. The predicted octanol–water partition coefficient (Wildman–Crippen LogP) is 32.6. The molecule has 0 amide bonds. The lowest BCUT2D eigenvalue weighted by Gasteiger charge is -2.44. The predicted molar refractivity (Wildman–Crippen MR) is 520 cm³/mol. The van der Waals surface area contributed by atoms with Gasteiger partial charge in [0.2, 0.25) is 0 Å². The SMILES string of the molecule is C=C(C)C(C)CCC(=C)C(C)CCC(C)(O)C1CCC(C(C)(CCC(C)C(=C)CCC(C)C(=C)C)OC(CCCCCCCCCCCCCCCCCCCCCc2cc(OC)cc(OC)c2O)C(CCCCCCC)OC2CC(C)(C)C(C=CC(C)=CC=CC(C)=CC=CC=C(C)C=CC=C(C)C=CC3=C(C)CCCC3(C)C)=C(C)C2=O)O1. The second kappa shape index (κ2) is 57.0. The summed E-state index contributed by atoms with van der Waals surface area (Å²) in [5.41, 5.74) is 13.6. The number of Topliss-reactive ketones (excluding diaryl/α,β-unsaturated/α-hetero) is 1. The number of hydrogen-bond donors (Lipinski definition) is 2. The quantitative estimate of drug-likeness (QED) is 0.0378. The lowest BCUT2D eigenvalue weighted by Crippen LogP contribution is -2.51. The maximum absolute atomic E-state index is 15.2. The molecule has 1 aromatic rings. The van der Waals surface area contributed by atoms with Gasteiger partial charge in [0.25, 0.3) is 0 Å². The molecule has 0 saturated carbocycles. The van der Waals surface area contributed by atoms with Crippen LogP contribution in [0.25, 0.3) is 0 Å². The smallest absolute Gasteiger partial charge is 0.187 e. The van der Waals surface area contributed by atoms with Crippen LogP contribution in [0, 0.1) is 34.5 Å². The summed E-state index contributed by atoms with van der Waals surface area (Å²) in [6.07, 6.45) is 73.8. The van der Waals surface area contributed by atoms with Gasteiger partial charge in [0.05, 0.1) is 49.8 Å². The summed E-state index contributed by atoms with van der Waals surface area (Å²) in [5, 5.41) is 23.1. The van der Waals surface area contributed by atoms with Crippen molar-refractivity contribution in [1.82, 2.24) is 0 Å². The Morgan fingerprint density at radius 1 is 0.542 bits per heavy atom. The van der Waals surface area contributed by atoms with Crippen molar-refractivity contribution >= 4 is 5.78 Å². The van der Waals surface area contributed by atoms with Crippen LogP contribution in [0.15, 0.2) is 190 Å². The minimum Gasteiger partial charge on any atom is -0.504 e. The van der Waals surface area contributed by atoms with E-state index in [9.17, 15) is 10.2 Å². The lowest BCUT2D eigenvalue weighted by atomic mass is 9.70. The average molecular weight is 1650 g/mol. The van der Waals surface area contributed by atoms with Crippen molar-refractivity contribution in [2.24, 2.45) is 34.5 Å². The molecule has 1 aromatic carbocycles. The Morgan fingerprint density at radius 2 is 0.983 bits per heavy atom. The molecular weight excluding hydrogens is 1470 g/mol. The van der Waals surface area contributed by atoms with Crippen molar-refractivity contribution in [2.45, 2.75) is 437 Å². The molecule has 2 aliphatic carbocycles. The van der Waals surface area contributed by atoms with Crippen LogP contribution in [0.5, 0.6) is 17.2 Å². The Bertz CT molecular complexity index is 3610. The third-order valence-corrected chi connectivity index (χ3v) is 27.5. The van der Waals surface area contributed by atoms with Gasteiger partial charge < -0.3 is 33.9 Å². The molecule has 0 spiro atoms. The molecule has 2 N–H and O–H groups in total. The van der Waals surface area contributed by atoms with E-state index >= 15 is 4.79 Å². The molecule has 1 aliphatic heterocycles. The van der Waals surface area contributed by atoms with Crippen LogP contribution in [0.3, 0.4) is 0 Å². The van der Waals surface area contributed by atoms with E-state index in [-0.39, 0.29) is 58.6 Å². The fourth-order valence-electron chi connectivity index (χ4n) is 17.9. The summed E-state index contributed by atoms with van der Waals surface area (Å²) < 4.78 is 33.7. The van der Waals surface area contributed by atoms with E-state index in [0.717, 1.165) is 143 Å². The number of carbonyl (C=O) groups is 1. The Balaban J connectivity index is 1.52. The monoisotopic (exact) mass is 1650 g/mol. The summed E-state index contributed by atoms with van der Waals surface area (Å²) >= 11 is 0. The first-order valence-corrected chi connectivity index (χ1v) is 48.3. The number of aryl methyl sites for hydroxylation is 1. The Labute approximate surface area is 738 Å². The van der Waals surface area contributed by atoms with Gasteiger partial charge >= 0.3 is 0 Å². The molecule has 1 heterocycles. The van der Waals surface area contributed by atoms with Gasteiger partial charge in [0.15, 0.2) is 17.3 Å². The van der Waals surface area contributed by atoms with Gasteiger partial charge in [0.1, 0.15) is 11.9 Å². The van der Waals surface area contributed by atoms with Crippen molar-refractivity contribution in [3.63, 3.8) is 0 Å². The number of carbonyl (C=O) groups excluding carboxylic acids is 1. The number of benzene rings is 1. The number of rotatable bonds is 63. The molecular formula is C112H180O8. The summed E-state index contributed by atoms with van der Waals surface area (Å²) in [7, 11) is 3.23. The van der Waals surface area contributed by atoms with E-state index in [2.05, 4.69) is 223 Å². The second-order valence-electron chi connectivity index (χ2n) is 39.6. The van der Waals surface area contributed by atoms with Gasteiger partial charge in [-0.1, -0.05) is 372 Å². The normalized spacial score (nSPS) is 20.4. The summed E-state index contributed by atoms with van der Waals surface area (Å²) in [6, 6.07) is 3.66. The van der Waals surface area contributed by atoms with Gasteiger partial charge in [0, 0.05) is 11.6 Å². The highest BCUT2D eigenvalue weighted by molar-refractivity contribution is 6.00. The first-order chi connectivity index (χ1) is 57.0. The van der Waals surface area contributed by atoms with Crippen molar-refractivity contribution < 1.29 is 38.7 Å². The Kier molecular flexibility index (Phi) is 50.6. The van der Waals surface area contributed by atoms with Gasteiger partial charge in [-0.15, -0.1) is 0 Å². The highest BCUT2D eigenvalue weighted by atomic mass is 16.6. The van der Waals surface area contributed by atoms with E-state index in [1.807, 2.05) is 19.9 Å². The Morgan fingerprint density at radius 3 is 1.46 bits per heavy atom. The van der Waals surface area contributed by atoms with Crippen molar-refractivity contribution in [3.05, 3.63) is 196 Å². The zero-order chi connectivity index (χ0) is 88.9. The topological polar surface area (TPSA) is 104 Å². The number of phenolic OH excluding ortho intramolecular Hbond substituents is 1. The van der Waals surface area contributed by atoms with Gasteiger partial charge in [-0.25, -0.2) is 0 Å². The van der Waals surface area contributed by atoms with Crippen molar-refractivity contribution in [2.75, 3.05) is 14.2 Å². The maximum atomic E-state index is 15.2. The zero-order valence-electron chi connectivity index (χ0n) is 81.1. The third kappa shape index (κ3) is 40.0. The average Bonchev–Trinajstić information content (AvgIpc) is 1.08. The van der Waals surface area contributed by atoms with Gasteiger partial charge in [-0.05, 0) is 242 Å². The molecule has 4 rings (SSSR count). The highest BCUT2D eigenvalue weighted by Crippen LogP contribution is 2.46. The molecule has 0 radical (unpaired) electrons. The molecule has 8 nitrogen and oxygen atoms in total. The fraction of sp³-hybridized carbons (Fsp3) is 0.670. The van der Waals surface area contributed by atoms with Crippen LogP contribution in [0.1, 0.15) is 394 Å². The van der Waals surface area contributed by atoms with Crippen LogP contribution in [-0.2, 0) is 25.4 Å². The first-order valence-electron chi connectivity index (χ1n) is 48.3. The summed E-state index contributed by atoms with van der Waals surface area (Å²) in [4.78, 5) is 15.2. The molecule has 1 fully saturated rings. The number of phenols is 1. The lowest BCUT2D eigenvalue weighted by molar-refractivity contribution is -0.214. The van der Waals surface area contributed by atoms with Gasteiger partial charge in [-0.2, -0.15) is 0 Å². The molecule has 8 heteroatoms. The second-order valence-corrected chi connectivity index (χ2v) is 39.6. The molecule has 11 atom stereocenters. The van der Waals surface area contributed by atoms with Crippen LogP contribution >= 0.6 is 0 Å². The number of unbranched alkanes of at least 4 members (excludes halogenated alkanes) is 22. The largest absolute Gasteiger partial charge is 0.504 e. The van der Waals surface area contributed by atoms with Crippen LogP contribution in [-0.4, -0.2) is 71.9 Å². The Hall–Kier alpha value is -5.77. The van der Waals surface area contributed by atoms with E-state index in [4.69, 9.17) is 30.3 Å². The zero-order valence-corrected chi connectivity index (χ0v) is 81.1. The molecule has 120 heavy (non-hydrogen) atoms. The number of aliphatic hydroxyl groups is 1. The fourth-order valence-corrected chi connectivity index (χ4v) is 17.9. The van der Waals surface area contributed by atoms with Gasteiger partial charge in [-0.3, -0.25) is 4.79 Å². The first kappa shape index (κ1) is 107.